The maximum absolute atomic E-state index is 13.5. The van der Waals surface area contributed by atoms with Crippen LogP contribution in [0.15, 0.2) is 40.8 Å². The molecule has 1 N–H and O–H groups in total. The minimum atomic E-state index is 0.0151. The number of hydrogen-bond acceptors (Lipinski definition) is 4. The smallest absolute Gasteiger partial charge is 0.197 e. The lowest BCUT2D eigenvalue weighted by molar-refractivity contribution is 0.103. The van der Waals surface area contributed by atoms with E-state index in [1.165, 1.54) is 0 Å². The van der Waals surface area contributed by atoms with Crippen LogP contribution < -0.4 is 10.1 Å². The van der Waals surface area contributed by atoms with E-state index in [1.54, 1.807) is 0 Å². The van der Waals surface area contributed by atoms with Gasteiger partial charge in [-0.25, -0.2) is 0 Å². The fourth-order valence-electron chi connectivity index (χ4n) is 3.45. The summed E-state index contributed by atoms with van der Waals surface area (Å²) < 4.78 is 12.9. The Labute approximate surface area is 186 Å². The van der Waals surface area contributed by atoms with Gasteiger partial charge >= 0.3 is 0 Å². The molecule has 2 aromatic carbocycles. The number of unbranched alkanes of at least 4 members (excludes halogenated alkanes) is 1. The van der Waals surface area contributed by atoms with E-state index in [0.717, 1.165) is 64.0 Å². The predicted molar refractivity (Wildman–Crippen MR) is 126 cm³/mol. The first-order chi connectivity index (χ1) is 14.1. The summed E-state index contributed by atoms with van der Waals surface area (Å²) in [5.74, 6) is 1.65. The van der Waals surface area contributed by atoms with Gasteiger partial charge in [-0.3, -0.25) is 4.79 Å². The first-order valence-corrected chi connectivity index (χ1v) is 11.3. The van der Waals surface area contributed by atoms with E-state index in [4.69, 9.17) is 9.15 Å². The zero-order valence-electron chi connectivity index (χ0n) is 17.3. The molecule has 0 amide bonds. The minimum absolute atomic E-state index is 0.0151. The van der Waals surface area contributed by atoms with E-state index in [0.29, 0.717) is 17.7 Å². The molecule has 0 atom stereocenters. The molecule has 0 saturated heterocycles. The second kappa shape index (κ2) is 10.3. The molecule has 154 valence electrons. The van der Waals surface area contributed by atoms with Crippen LogP contribution in [0, 0.1) is 10.5 Å². The van der Waals surface area contributed by atoms with Crippen LogP contribution in [0.3, 0.4) is 0 Å². The maximum atomic E-state index is 13.5. The number of ether oxygens (including phenoxy) is 1. The van der Waals surface area contributed by atoms with Gasteiger partial charge in [0.25, 0.3) is 0 Å². The lowest BCUT2D eigenvalue weighted by Gasteiger charge is -2.13. The maximum Gasteiger partial charge on any atom is 0.197 e. The summed E-state index contributed by atoms with van der Waals surface area (Å²) in [5.41, 5.74) is 3.12. The highest BCUT2D eigenvalue weighted by Gasteiger charge is 2.23. The molecule has 29 heavy (non-hydrogen) atoms. The van der Waals surface area contributed by atoms with Crippen molar-refractivity contribution in [1.82, 2.24) is 5.32 Å². The van der Waals surface area contributed by atoms with Crippen LogP contribution in [0.4, 0.5) is 0 Å². The second-order valence-electron chi connectivity index (χ2n) is 7.14. The number of likely N-dealkylation sites (N-methyl/N-ethyl adjacent to an activating group) is 1. The summed E-state index contributed by atoms with van der Waals surface area (Å²) in [6.45, 7) is 8.53. The fraction of sp³-hybridized carbons (Fsp3) is 0.375. The quantitative estimate of drug-likeness (QED) is 0.212. The number of carbonyl (C=O) groups is 1. The topological polar surface area (TPSA) is 51.5 Å². The highest BCUT2D eigenvalue weighted by molar-refractivity contribution is 14.1. The van der Waals surface area contributed by atoms with Gasteiger partial charge in [0, 0.05) is 23.9 Å². The van der Waals surface area contributed by atoms with E-state index in [9.17, 15) is 4.79 Å². The molecule has 3 aromatic rings. The van der Waals surface area contributed by atoms with E-state index < -0.39 is 0 Å². The first-order valence-electron chi connectivity index (χ1n) is 10.3. The van der Waals surface area contributed by atoms with Crippen LogP contribution in [0.5, 0.6) is 5.75 Å². The van der Waals surface area contributed by atoms with Crippen LogP contribution in [-0.2, 0) is 6.42 Å². The second-order valence-corrected chi connectivity index (χ2v) is 8.30. The van der Waals surface area contributed by atoms with Crippen LogP contribution >= 0.6 is 22.6 Å². The molecule has 3 rings (SSSR count). The molecule has 0 fully saturated rings. The van der Waals surface area contributed by atoms with Crippen molar-refractivity contribution in [2.75, 3.05) is 19.7 Å². The van der Waals surface area contributed by atoms with Gasteiger partial charge in [0.15, 0.2) is 5.78 Å². The zero-order valence-corrected chi connectivity index (χ0v) is 19.5. The Bertz CT molecular complexity index is 970. The third-order valence-electron chi connectivity index (χ3n) is 4.92. The Morgan fingerprint density at radius 2 is 2.00 bits per heavy atom. The standard InChI is InChI=1S/C24H28INO3/c1-4-6-10-21-22(18-9-7-8-11-20(18)29-21)23(27)17-14-16(3)24(19(25)15-17)28-13-12-26-5-2/h7-9,11,14-15,26H,4-6,10,12-13H2,1-3H3. The highest BCUT2D eigenvalue weighted by atomic mass is 127. The van der Waals surface area contributed by atoms with Crippen LogP contribution in [0.2, 0.25) is 0 Å². The van der Waals surface area contributed by atoms with Gasteiger partial charge in [-0.15, -0.1) is 0 Å². The van der Waals surface area contributed by atoms with Crippen molar-refractivity contribution in [3.05, 3.63) is 62.4 Å². The first kappa shape index (κ1) is 21.8. The fourth-order valence-corrected chi connectivity index (χ4v) is 4.37. The number of benzene rings is 2. The SMILES string of the molecule is CCCCc1oc2ccccc2c1C(=O)c1cc(C)c(OCCNCC)c(I)c1. The number of para-hydroxylation sites is 1. The van der Waals surface area contributed by atoms with Crippen LogP contribution in [0.1, 0.15) is 53.9 Å². The normalized spacial score (nSPS) is 11.2. The van der Waals surface area contributed by atoms with Crippen LogP contribution in [-0.4, -0.2) is 25.5 Å². The molecule has 4 nitrogen and oxygen atoms in total. The lowest BCUT2D eigenvalue weighted by atomic mass is 9.97. The number of furan rings is 1. The summed E-state index contributed by atoms with van der Waals surface area (Å²) in [7, 11) is 0. The molecule has 0 aliphatic carbocycles. The van der Waals surface area contributed by atoms with Gasteiger partial charge < -0.3 is 14.5 Å². The summed E-state index contributed by atoms with van der Waals surface area (Å²) >= 11 is 2.25. The number of aryl methyl sites for hydroxylation is 2. The third-order valence-corrected chi connectivity index (χ3v) is 5.72. The van der Waals surface area contributed by atoms with Crippen molar-refractivity contribution in [3.8, 4) is 5.75 Å². The van der Waals surface area contributed by atoms with Crippen molar-refractivity contribution in [1.29, 1.82) is 0 Å². The number of nitrogens with one attached hydrogen (secondary N) is 1. The Balaban J connectivity index is 1.94. The highest BCUT2D eigenvalue weighted by Crippen LogP contribution is 2.32. The van der Waals surface area contributed by atoms with E-state index in [-0.39, 0.29) is 5.78 Å². The minimum Gasteiger partial charge on any atom is -0.491 e. The number of carbonyl (C=O) groups excluding carboxylic acids is 1. The van der Waals surface area contributed by atoms with Crippen molar-refractivity contribution >= 4 is 39.3 Å². The van der Waals surface area contributed by atoms with Crippen molar-refractivity contribution < 1.29 is 13.9 Å². The average Bonchev–Trinajstić information content (AvgIpc) is 3.08. The number of halogens is 1. The Hall–Kier alpha value is -1.86. The molecule has 0 radical (unpaired) electrons. The van der Waals surface area contributed by atoms with Gasteiger partial charge in [-0.1, -0.05) is 38.5 Å². The van der Waals surface area contributed by atoms with Gasteiger partial charge in [0.05, 0.1) is 9.13 Å². The van der Waals surface area contributed by atoms with Crippen molar-refractivity contribution in [2.45, 2.75) is 40.0 Å². The number of ketones is 1. The summed E-state index contributed by atoms with van der Waals surface area (Å²) in [6.07, 6.45) is 2.82. The number of hydrogen-bond donors (Lipinski definition) is 1. The van der Waals surface area contributed by atoms with Gasteiger partial charge in [0.1, 0.15) is 23.7 Å². The Morgan fingerprint density at radius 3 is 2.72 bits per heavy atom. The van der Waals surface area contributed by atoms with Gasteiger partial charge in [0.2, 0.25) is 0 Å². The predicted octanol–water partition coefficient (Wildman–Crippen LogP) is 5.91. The molecule has 5 heteroatoms. The van der Waals surface area contributed by atoms with Gasteiger partial charge in [-0.2, -0.15) is 0 Å². The molecule has 0 aliphatic heterocycles. The Morgan fingerprint density at radius 1 is 1.21 bits per heavy atom. The molecule has 0 saturated carbocycles. The molecule has 1 heterocycles. The third kappa shape index (κ3) is 5.01. The molecular weight excluding hydrogens is 477 g/mol. The van der Waals surface area contributed by atoms with Crippen LogP contribution in [0.25, 0.3) is 11.0 Å². The van der Waals surface area contributed by atoms with E-state index >= 15 is 0 Å². The van der Waals surface area contributed by atoms with E-state index in [1.807, 2.05) is 43.3 Å². The van der Waals surface area contributed by atoms with Crippen molar-refractivity contribution in [3.63, 3.8) is 0 Å². The van der Waals surface area contributed by atoms with Crippen molar-refractivity contribution in [2.24, 2.45) is 0 Å². The molecule has 0 bridgehead atoms. The average molecular weight is 505 g/mol. The zero-order chi connectivity index (χ0) is 20.8. The molecular formula is C24H28INO3. The summed E-state index contributed by atoms with van der Waals surface area (Å²) in [4.78, 5) is 13.5. The number of fused-ring (bicyclic) bond motifs is 1. The van der Waals surface area contributed by atoms with Gasteiger partial charge in [-0.05, 0) is 66.2 Å². The molecule has 1 aromatic heterocycles. The monoisotopic (exact) mass is 505 g/mol. The summed E-state index contributed by atoms with van der Waals surface area (Å²) in [6, 6.07) is 11.6. The van der Waals surface area contributed by atoms with E-state index in [2.05, 4.69) is 41.8 Å². The molecule has 0 unspecified atom stereocenters. The summed E-state index contributed by atoms with van der Waals surface area (Å²) in [5, 5.41) is 4.14. The molecule has 0 aliphatic rings. The largest absolute Gasteiger partial charge is 0.491 e. The Kier molecular flexibility index (Phi) is 7.72. The number of rotatable bonds is 10. The molecule has 0 spiro atoms. The lowest BCUT2D eigenvalue weighted by Crippen LogP contribution is -2.20.